The quantitative estimate of drug-likeness (QED) is 0.860. The molecule has 2 rings (SSSR count). The Morgan fingerprint density at radius 1 is 1.23 bits per heavy atom. The van der Waals surface area contributed by atoms with E-state index in [0.717, 1.165) is 22.6 Å². The minimum Gasteiger partial charge on any atom is -0.334 e. The molecule has 1 aromatic heterocycles. The lowest BCUT2D eigenvalue weighted by Crippen LogP contribution is -2.38. The van der Waals surface area contributed by atoms with E-state index in [1.807, 2.05) is 55.6 Å². The van der Waals surface area contributed by atoms with Crippen LogP contribution in [0.1, 0.15) is 22.9 Å². The third kappa shape index (κ3) is 5.07. The summed E-state index contributed by atoms with van der Waals surface area (Å²) in [4.78, 5) is 16.3. The lowest BCUT2D eigenvalue weighted by Gasteiger charge is -2.18. The number of hydrogen-bond donors (Lipinski definition) is 2. The second kappa shape index (κ2) is 8.44. The first-order chi connectivity index (χ1) is 10.7. The van der Waals surface area contributed by atoms with Gasteiger partial charge in [0.25, 0.3) is 0 Å². The minimum absolute atomic E-state index is 0.00680. The number of nitrogens with one attached hydrogen (secondary N) is 2. The van der Waals surface area contributed by atoms with E-state index in [1.165, 1.54) is 0 Å². The van der Waals surface area contributed by atoms with Gasteiger partial charge in [-0.05, 0) is 30.4 Å². The summed E-state index contributed by atoms with van der Waals surface area (Å²) in [6.07, 6.45) is 3.82. The molecule has 4 nitrogen and oxygen atoms in total. The molecule has 22 heavy (non-hydrogen) atoms. The fourth-order valence-electron chi connectivity index (χ4n) is 2.07. The van der Waals surface area contributed by atoms with Crippen molar-refractivity contribution in [2.75, 3.05) is 12.0 Å². The summed E-state index contributed by atoms with van der Waals surface area (Å²) in [7, 11) is 0. The minimum atomic E-state index is -0.163. The maximum absolute atomic E-state index is 12.1. The number of carbonyl (C=O) groups excluding carboxylic acids is 1. The Bertz CT molecular complexity index is 587. The summed E-state index contributed by atoms with van der Waals surface area (Å²) in [5, 5.41) is 5.90. The fraction of sp³-hybridized carbons (Fsp3) is 0.294. The number of amides is 2. The van der Waals surface area contributed by atoms with E-state index in [2.05, 4.69) is 15.6 Å². The van der Waals surface area contributed by atoms with E-state index in [1.54, 1.807) is 18.0 Å². The average molecular weight is 315 g/mol. The van der Waals surface area contributed by atoms with Crippen molar-refractivity contribution in [1.29, 1.82) is 0 Å². The van der Waals surface area contributed by atoms with Crippen LogP contribution in [0.5, 0.6) is 0 Å². The van der Waals surface area contributed by atoms with Crippen LogP contribution < -0.4 is 10.6 Å². The van der Waals surface area contributed by atoms with E-state index >= 15 is 0 Å². The molecule has 5 heteroatoms. The second-order valence-corrected chi connectivity index (χ2v) is 5.96. The molecule has 0 radical (unpaired) electrons. The number of pyridine rings is 1. The summed E-state index contributed by atoms with van der Waals surface area (Å²) < 4.78 is 0. The lowest BCUT2D eigenvalue weighted by molar-refractivity contribution is 0.237. The molecule has 2 N–H and O–H groups in total. The third-order valence-corrected chi connectivity index (χ3v) is 3.93. The van der Waals surface area contributed by atoms with Gasteiger partial charge in [-0.3, -0.25) is 4.98 Å². The maximum Gasteiger partial charge on any atom is 0.315 e. The van der Waals surface area contributed by atoms with Gasteiger partial charge in [-0.2, -0.15) is 11.8 Å². The molecule has 0 saturated heterocycles. The van der Waals surface area contributed by atoms with Gasteiger partial charge in [0.15, 0.2) is 0 Å². The van der Waals surface area contributed by atoms with Gasteiger partial charge in [0.2, 0.25) is 0 Å². The first-order valence-electron chi connectivity index (χ1n) is 7.19. The van der Waals surface area contributed by atoms with Crippen LogP contribution in [0.25, 0.3) is 0 Å². The summed E-state index contributed by atoms with van der Waals surface area (Å²) in [6, 6.07) is 13.8. The van der Waals surface area contributed by atoms with Crippen molar-refractivity contribution in [3.8, 4) is 0 Å². The smallest absolute Gasteiger partial charge is 0.315 e. The molecule has 1 unspecified atom stereocenters. The summed E-state index contributed by atoms with van der Waals surface area (Å²) >= 11 is 1.71. The maximum atomic E-state index is 12.1. The standard InChI is InChI=1S/C17H21N3OS/c1-13-8-9-14(10-18-13)11-19-17(21)20-16(12-22-2)15-6-4-3-5-7-15/h3-10,16H,11-12H2,1-2H3,(H2,19,20,21). The molecule has 0 aliphatic carbocycles. The van der Waals surface area contributed by atoms with Crippen LogP contribution in [-0.2, 0) is 6.54 Å². The van der Waals surface area contributed by atoms with Gasteiger partial charge >= 0.3 is 6.03 Å². The highest BCUT2D eigenvalue weighted by atomic mass is 32.2. The zero-order chi connectivity index (χ0) is 15.8. The van der Waals surface area contributed by atoms with Crippen molar-refractivity contribution >= 4 is 17.8 Å². The Balaban J connectivity index is 1.89. The van der Waals surface area contributed by atoms with Gasteiger partial charge in [0.05, 0.1) is 6.04 Å². The number of urea groups is 1. The van der Waals surface area contributed by atoms with Crippen molar-refractivity contribution in [2.45, 2.75) is 19.5 Å². The number of hydrogen-bond acceptors (Lipinski definition) is 3. The molecule has 0 spiro atoms. The van der Waals surface area contributed by atoms with Crippen molar-refractivity contribution < 1.29 is 4.79 Å². The van der Waals surface area contributed by atoms with Gasteiger partial charge in [-0.1, -0.05) is 36.4 Å². The van der Waals surface area contributed by atoms with Gasteiger partial charge in [-0.25, -0.2) is 4.79 Å². The van der Waals surface area contributed by atoms with Crippen LogP contribution in [-0.4, -0.2) is 23.0 Å². The van der Waals surface area contributed by atoms with E-state index in [0.29, 0.717) is 6.54 Å². The molecule has 0 fully saturated rings. The van der Waals surface area contributed by atoms with Crippen LogP contribution in [0.4, 0.5) is 4.79 Å². The van der Waals surface area contributed by atoms with Gasteiger partial charge < -0.3 is 10.6 Å². The largest absolute Gasteiger partial charge is 0.334 e. The molecule has 2 amide bonds. The molecule has 0 bridgehead atoms. The second-order valence-electron chi connectivity index (χ2n) is 5.05. The summed E-state index contributed by atoms with van der Waals surface area (Å²) in [6.45, 7) is 2.41. The number of carbonyl (C=O) groups is 1. The molecular weight excluding hydrogens is 294 g/mol. The number of rotatable bonds is 6. The zero-order valence-corrected chi connectivity index (χ0v) is 13.7. The highest BCUT2D eigenvalue weighted by Crippen LogP contribution is 2.16. The highest BCUT2D eigenvalue weighted by Gasteiger charge is 2.13. The number of aryl methyl sites for hydroxylation is 1. The predicted molar refractivity (Wildman–Crippen MR) is 91.9 cm³/mol. The van der Waals surface area contributed by atoms with Crippen LogP contribution in [0.15, 0.2) is 48.7 Å². The zero-order valence-electron chi connectivity index (χ0n) is 12.9. The van der Waals surface area contributed by atoms with E-state index in [4.69, 9.17) is 0 Å². The van der Waals surface area contributed by atoms with Crippen LogP contribution >= 0.6 is 11.8 Å². The van der Waals surface area contributed by atoms with Gasteiger partial charge in [0, 0.05) is 24.2 Å². The number of thioether (sulfide) groups is 1. The normalized spacial score (nSPS) is 11.7. The molecule has 116 valence electrons. The average Bonchev–Trinajstić information content (AvgIpc) is 2.55. The van der Waals surface area contributed by atoms with E-state index in [9.17, 15) is 4.79 Å². The Hall–Kier alpha value is -2.01. The van der Waals surface area contributed by atoms with Crippen LogP contribution in [0.2, 0.25) is 0 Å². The van der Waals surface area contributed by atoms with Crippen molar-refractivity contribution in [1.82, 2.24) is 15.6 Å². The number of benzene rings is 1. The Kier molecular flexibility index (Phi) is 6.27. The molecular formula is C17H21N3OS. The molecule has 0 aliphatic heterocycles. The Morgan fingerprint density at radius 2 is 2.00 bits per heavy atom. The fourth-order valence-corrected chi connectivity index (χ4v) is 2.68. The summed E-state index contributed by atoms with van der Waals surface area (Å²) in [5.41, 5.74) is 3.07. The first kappa shape index (κ1) is 16.4. The van der Waals surface area contributed by atoms with Crippen LogP contribution in [0, 0.1) is 6.92 Å². The molecule has 1 aromatic carbocycles. The van der Waals surface area contributed by atoms with E-state index < -0.39 is 0 Å². The first-order valence-corrected chi connectivity index (χ1v) is 8.58. The summed E-state index contributed by atoms with van der Waals surface area (Å²) in [5.74, 6) is 0.837. The van der Waals surface area contributed by atoms with Gasteiger partial charge in [-0.15, -0.1) is 0 Å². The number of aromatic nitrogens is 1. The van der Waals surface area contributed by atoms with Crippen molar-refractivity contribution in [2.24, 2.45) is 0 Å². The molecule has 0 aliphatic rings. The third-order valence-electron chi connectivity index (χ3n) is 3.27. The SMILES string of the molecule is CSCC(NC(=O)NCc1ccc(C)nc1)c1ccccc1. The van der Waals surface area contributed by atoms with Crippen LogP contribution in [0.3, 0.4) is 0 Å². The predicted octanol–water partition coefficient (Wildman–Crippen LogP) is 3.29. The number of nitrogens with zero attached hydrogens (tertiary/aromatic N) is 1. The Labute approximate surface area is 135 Å². The molecule has 2 aromatic rings. The lowest BCUT2D eigenvalue weighted by atomic mass is 10.1. The molecule has 0 saturated carbocycles. The highest BCUT2D eigenvalue weighted by molar-refractivity contribution is 7.98. The monoisotopic (exact) mass is 315 g/mol. The van der Waals surface area contributed by atoms with Gasteiger partial charge in [0.1, 0.15) is 0 Å². The molecule has 1 atom stereocenters. The Morgan fingerprint density at radius 3 is 2.64 bits per heavy atom. The van der Waals surface area contributed by atoms with Crippen molar-refractivity contribution in [3.05, 3.63) is 65.5 Å². The molecule has 1 heterocycles. The van der Waals surface area contributed by atoms with E-state index in [-0.39, 0.29) is 12.1 Å². The van der Waals surface area contributed by atoms with Crippen molar-refractivity contribution in [3.63, 3.8) is 0 Å². The topological polar surface area (TPSA) is 54.0 Å².